The number of carbonyl (C=O) groups excluding carboxylic acids is 1. The summed E-state index contributed by atoms with van der Waals surface area (Å²) in [5.41, 5.74) is 5.67. The first kappa shape index (κ1) is 16.4. The van der Waals surface area contributed by atoms with Gasteiger partial charge in [0.25, 0.3) is 0 Å². The molecule has 0 aromatic rings. The molecule has 0 aromatic carbocycles. The molecule has 0 radical (unpaired) electrons. The van der Waals surface area contributed by atoms with E-state index in [1.165, 1.54) is 0 Å². The lowest BCUT2D eigenvalue weighted by atomic mass is 10.00. The van der Waals surface area contributed by atoms with Gasteiger partial charge in [0.15, 0.2) is 0 Å². The average Bonchev–Trinajstić information content (AvgIpc) is 2.58. The zero-order valence-corrected chi connectivity index (χ0v) is 12.7. The van der Waals surface area contributed by atoms with E-state index in [0.29, 0.717) is 6.42 Å². The molecule has 0 bridgehead atoms. The number of methoxy groups -OCH3 is 1. The van der Waals surface area contributed by atoms with Crippen molar-refractivity contribution >= 4 is 5.91 Å². The van der Waals surface area contributed by atoms with E-state index in [1.807, 2.05) is 18.7 Å². The Balaban J connectivity index is 2.33. The molecule has 1 amide bonds. The maximum atomic E-state index is 12.1. The van der Waals surface area contributed by atoms with Crippen LogP contribution < -0.4 is 5.73 Å². The molecular weight excluding hydrogens is 242 g/mol. The van der Waals surface area contributed by atoms with Crippen LogP contribution in [0.4, 0.5) is 0 Å². The van der Waals surface area contributed by atoms with Gasteiger partial charge in [0.05, 0.1) is 6.61 Å². The van der Waals surface area contributed by atoms with E-state index in [0.717, 1.165) is 52.2 Å². The van der Waals surface area contributed by atoms with E-state index in [-0.39, 0.29) is 11.4 Å². The number of amides is 1. The van der Waals surface area contributed by atoms with Gasteiger partial charge in [-0.15, -0.1) is 0 Å². The van der Waals surface area contributed by atoms with Crippen LogP contribution in [0.5, 0.6) is 0 Å². The summed E-state index contributed by atoms with van der Waals surface area (Å²) in [5.74, 6) is 0.243. The van der Waals surface area contributed by atoms with Gasteiger partial charge in [-0.3, -0.25) is 9.69 Å². The predicted octanol–water partition coefficient (Wildman–Crippen LogP) is 0.685. The lowest BCUT2D eigenvalue weighted by Gasteiger charge is -2.24. The third-order valence-electron chi connectivity index (χ3n) is 3.54. The van der Waals surface area contributed by atoms with Gasteiger partial charge >= 0.3 is 0 Å². The molecule has 0 atom stereocenters. The minimum atomic E-state index is -0.258. The van der Waals surface area contributed by atoms with Crippen LogP contribution in [0, 0.1) is 0 Å². The highest BCUT2D eigenvalue weighted by atomic mass is 16.5. The highest BCUT2D eigenvalue weighted by molar-refractivity contribution is 5.76. The minimum Gasteiger partial charge on any atom is -0.383 e. The second kappa shape index (κ2) is 7.82. The van der Waals surface area contributed by atoms with Crippen molar-refractivity contribution in [3.63, 3.8) is 0 Å². The number of nitrogens with zero attached hydrogens (tertiary/aromatic N) is 2. The zero-order valence-electron chi connectivity index (χ0n) is 12.7. The maximum absolute atomic E-state index is 12.1. The summed E-state index contributed by atoms with van der Waals surface area (Å²) < 4.78 is 5.10. The Labute approximate surface area is 117 Å². The summed E-state index contributed by atoms with van der Waals surface area (Å²) in [4.78, 5) is 16.5. The highest BCUT2D eigenvalue weighted by Gasteiger charge is 2.20. The SMILES string of the molecule is COCCN1CCCN(C(=O)CCC(C)(C)N)CC1. The molecule has 1 fully saturated rings. The third-order valence-corrected chi connectivity index (χ3v) is 3.54. The first-order valence-corrected chi connectivity index (χ1v) is 7.20. The second-order valence-corrected chi connectivity index (χ2v) is 6.06. The molecule has 0 saturated carbocycles. The normalized spacial score (nSPS) is 18.4. The monoisotopic (exact) mass is 271 g/mol. The Hall–Kier alpha value is -0.650. The third kappa shape index (κ3) is 6.89. The van der Waals surface area contributed by atoms with Gasteiger partial charge in [-0.25, -0.2) is 0 Å². The molecule has 5 heteroatoms. The van der Waals surface area contributed by atoms with Crippen LogP contribution >= 0.6 is 0 Å². The Morgan fingerprint density at radius 3 is 2.63 bits per heavy atom. The van der Waals surface area contributed by atoms with Crippen LogP contribution in [-0.4, -0.2) is 67.7 Å². The summed E-state index contributed by atoms with van der Waals surface area (Å²) >= 11 is 0. The lowest BCUT2D eigenvalue weighted by molar-refractivity contribution is -0.131. The largest absolute Gasteiger partial charge is 0.383 e. The fourth-order valence-electron chi connectivity index (χ4n) is 2.25. The van der Waals surface area contributed by atoms with E-state index in [1.54, 1.807) is 7.11 Å². The molecule has 1 rings (SSSR count). The molecular formula is C14H29N3O2. The van der Waals surface area contributed by atoms with Crippen molar-refractivity contribution in [1.29, 1.82) is 0 Å². The van der Waals surface area contributed by atoms with Crippen LogP contribution in [-0.2, 0) is 9.53 Å². The van der Waals surface area contributed by atoms with E-state index < -0.39 is 0 Å². The topological polar surface area (TPSA) is 58.8 Å². The van der Waals surface area contributed by atoms with E-state index in [2.05, 4.69) is 4.90 Å². The van der Waals surface area contributed by atoms with Crippen molar-refractivity contribution in [2.45, 2.75) is 38.6 Å². The first-order chi connectivity index (χ1) is 8.92. The van der Waals surface area contributed by atoms with Gasteiger partial charge in [0, 0.05) is 45.2 Å². The number of nitrogens with two attached hydrogens (primary N) is 1. The fraction of sp³-hybridized carbons (Fsp3) is 0.929. The molecule has 112 valence electrons. The Bertz CT molecular complexity index is 276. The first-order valence-electron chi connectivity index (χ1n) is 7.20. The van der Waals surface area contributed by atoms with Gasteiger partial charge in [0.1, 0.15) is 0 Å². The Morgan fingerprint density at radius 2 is 2.00 bits per heavy atom. The summed E-state index contributed by atoms with van der Waals surface area (Å²) in [7, 11) is 1.72. The molecule has 0 aromatic heterocycles. The van der Waals surface area contributed by atoms with Crippen molar-refractivity contribution in [1.82, 2.24) is 9.80 Å². The molecule has 0 spiro atoms. The second-order valence-electron chi connectivity index (χ2n) is 6.06. The van der Waals surface area contributed by atoms with Crippen molar-refractivity contribution < 1.29 is 9.53 Å². The van der Waals surface area contributed by atoms with Crippen LogP contribution in [0.2, 0.25) is 0 Å². The molecule has 1 aliphatic rings. The zero-order chi connectivity index (χ0) is 14.3. The number of rotatable bonds is 6. The molecule has 0 aliphatic carbocycles. The van der Waals surface area contributed by atoms with E-state index >= 15 is 0 Å². The van der Waals surface area contributed by atoms with Crippen molar-refractivity contribution in [3.05, 3.63) is 0 Å². The van der Waals surface area contributed by atoms with E-state index in [9.17, 15) is 4.79 Å². The van der Waals surface area contributed by atoms with Crippen LogP contribution in [0.15, 0.2) is 0 Å². The highest BCUT2D eigenvalue weighted by Crippen LogP contribution is 2.11. The van der Waals surface area contributed by atoms with Gasteiger partial charge in [-0.05, 0) is 33.2 Å². The maximum Gasteiger partial charge on any atom is 0.222 e. The fourth-order valence-corrected chi connectivity index (χ4v) is 2.25. The summed E-state index contributed by atoms with van der Waals surface area (Å²) in [5, 5.41) is 0. The molecule has 5 nitrogen and oxygen atoms in total. The number of ether oxygens (including phenoxy) is 1. The average molecular weight is 271 g/mol. The Morgan fingerprint density at radius 1 is 1.26 bits per heavy atom. The van der Waals surface area contributed by atoms with Gasteiger partial charge in [-0.2, -0.15) is 0 Å². The van der Waals surface area contributed by atoms with Gasteiger partial charge in [-0.1, -0.05) is 0 Å². The van der Waals surface area contributed by atoms with Crippen LogP contribution in [0.1, 0.15) is 33.1 Å². The van der Waals surface area contributed by atoms with Gasteiger partial charge < -0.3 is 15.4 Å². The summed E-state index contributed by atoms with van der Waals surface area (Å²) in [6, 6.07) is 0. The number of hydrogen-bond donors (Lipinski definition) is 1. The molecule has 1 saturated heterocycles. The van der Waals surface area contributed by atoms with E-state index in [4.69, 9.17) is 10.5 Å². The van der Waals surface area contributed by atoms with Crippen molar-refractivity contribution in [2.24, 2.45) is 5.73 Å². The molecule has 1 heterocycles. The number of carbonyl (C=O) groups is 1. The van der Waals surface area contributed by atoms with Crippen molar-refractivity contribution in [3.8, 4) is 0 Å². The standard InChI is InChI=1S/C14H29N3O2/c1-14(2,15)6-5-13(18)17-8-4-7-16(9-10-17)11-12-19-3/h4-12,15H2,1-3H3. The minimum absolute atomic E-state index is 0.243. The van der Waals surface area contributed by atoms with Crippen molar-refractivity contribution in [2.75, 3.05) is 46.4 Å². The quantitative estimate of drug-likeness (QED) is 0.772. The van der Waals surface area contributed by atoms with Crippen LogP contribution in [0.3, 0.4) is 0 Å². The lowest BCUT2D eigenvalue weighted by Crippen LogP contribution is -2.38. The molecule has 0 unspecified atom stereocenters. The smallest absolute Gasteiger partial charge is 0.222 e. The predicted molar refractivity (Wildman–Crippen MR) is 77.0 cm³/mol. The molecule has 2 N–H and O–H groups in total. The number of hydrogen-bond acceptors (Lipinski definition) is 4. The van der Waals surface area contributed by atoms with Gasteiger partial charge in [0.2, 0.25) is 5.91 Å². The molecule has 19 heavy (non-hydrogen) atoms. The molecule has 1 aliphatic heterocycles. The summed E-state index contributed by atoms with van der Waals surface area (Å²) in [6.07, 6.45) is 2.35. The summed E-state index contributed by atoms with van der Waals surface area (Å²) in [6.45, 7) is 9.34. The van der Waals surface area contributed by atoms with Crippen LogP contribution in [0.25, 0.3) is 0 Å². The Kier molecular flexibility index (Phi) is 6.75.